The highest BCUT2D eigenvalue weighted by Gasteiger charge is 2.15. The van der Waals surface area contributed by atoms with Gasteiger partial charge in [-0.05, 0) is 127 Å². The summed E-state index contributed by atoms with van der Waals surface area (Å²) in [5, 5.41) is 1.83. The molecule has 0 amide bonds. The van der Waals surface area contributed by atoms with Crippen LogP contribution in [0.2, 0.25) is 0 Å². The van der Waals surface area contributed by atoms with Crippen LogP contribution >= 0.6 is 0 Å². The van der Waals surface area contributed by atoms with Crippen molar-refractivity contribution < 1.29 is 11.0 Å². The molecule has 0 saturated heterocycles. The molecule has 0 aromatic heterocycles. The molecule has 9 rings (SSSR count). The summed E-state index contributed by atoms with van der Waals surface area (Å²) < 4.78 is 74.5. The molecular weight excluding hydrogens is 639 g/mol. The van der Waals surface area contributed by atoms with E-state index in [1.54, 1.807) is 42.5 Å². The normalized spacial score (nSPS) is 13.1. The minimum atomic E-state index is -0.448. The van der Waals surface area contributed by atoms with Crippen molar-refractivity contribution >= 4 is 27.8 Å². The number of hydrogen-bond acceptors (Lipinski definition) is 1. The van der Waals surface area contributed by atoms with E-state index in [0.29, 0.717) is 16.8 Å². The second kappa shape index (κ2) is 14.3. The highest BCUT2D eigenvalue weighted by atomic mass is 15.1. The van der Waals surface area contributed by atoms with Gasteiger partial charge >= 0.3 is 0 Å². The summed E-state index contributed by atoms with van der Waals surface area (Å²) in [5.74, 6) is 0. The van der Waals surface area contributed by atoms with Gasteiger partial charge < -0.3 is 4.90 Å². The monoisotopic (exact) mass is 683 g/mol. The lowest BCUT2D eigenvalue weighted by Crippen LogP contribution is -2.10. The van der Waals surface area contributed by atoms with Crippen LogP contribution in [0.15, 0.2) is 224 Å². The lowest BCUT2D eigenvalue weighted by Gasteiger charge is -2.26. The second-order valence-corrected chi connectivity index (χ2v) is 12.8. The molecule has 0 aliphatic rings. The van der Waals surface area contributed by atoms with E-state index in [1.165, 1.54) is 4.90 Å². The van der Waals surface area contributed by atoms with Gasteiger partial charge in [0.05, 0.1) is 11.0 Å². The molecular formula is C52H37N. The maximum absolute atomic E-state index is 9.73. The van der Waals surface area contributed by atoms with Gasteiger partial charge in [0.2, 0.25) is 0 Å². The largest absolute Gasteiger partial charge is 0.310 e. The zero-order valence-corrected chi connectivity index (χ0v) is 28.7. The molecule has 9 aromatic carbocycles. The van der Waals surface area contributed by atoms with Crippen molar-refractivity contribution in [2.45, 2.75) is 0 Å². The molecule has 0 N–H and O–H groups in total. The zero-order chi connectivity index (χ0) is 42.4. The van der Waals surface area contributed by atoms with Crippen molar-refractivity contribution in [3.05, 3.63) is 224 Å². The Hall–Kier alpha value is -6.96. The summed E-state index contributed by atoms with van der Waals surface area (Å²) in [4.78, 5) is 1.39. The molecule has 0 bridgehead atoms. The van der Waals surface area contributed by atoms with E-state index < -0.39 is 12.1 Å². The van der Waals surface area contributed by atoms with Gasteiger partial charge in [-0.3, -0.25) is 0 Å². The van der Waals surface area contributed by atoms with Gasteiger partial charge in [0, 0.05) is 17.1 Å². The van der Waals surface area contributed by atoms with Gasteiger partial charge in [-0.1, -0.05) is 164 Å². The maximum Gasteiger partial charge on any atom is 0.0651 e. The molecule has 0 atom stereocenters. The Bertz CT molecular complexity index is 3010. The van der Waals surface area contributed by atoms with Crippen LogP contribution in [-0.4, -0.2) is 0 Å². The Balaban J connectivity index is 1.27. The van der Waals surface area contributed by atoms with Crippen LogP contribution in [0.5, 0.6) is 0 Å². The number of benzene rings is 9. The second-order valence-electron chi connectivity index (χ2n) is 12.8. The van der Waals surface area contributed by atoms with Crippen molar-refractivity contribution in [2.75, 3.05) is 4.90 Å². The first-order valence-corrected chi connectivity index (χ1v) is 17.5. The van der Waals surface area contributed by atoms with E-state index in [0.717, 1.165) is 44.2 Å². The molecule has 250 valence electrons. The molecule has 1 heteroatoms. The summed E-state index contributed by atoms with van der Waals surface area (Å²) in [6.45, 7) is 0. The third kappa shape index (κ3) is 6.77. The van der Waals surface area contributed by atoms with Gasteiger partial charge in [0.1, 0.15) is 0 Å². The van der Waals surface area contributed by atoms with E-state index in [4.69, 9.17) is 2.74 Å². The predicted molar refractivity (Wildman–Crippen MR) is 226 cm³/mol. The van der Waals surface area contributed by atoms with E-state index >= 15 is 0 Å². The first-order chi connectivity index (χ1) is 29.6. The topological polar surface area (TPSA) is 3.24 Å². The quantitative estimate of drug-likeness (QED) is 0.154. The number of hydrogen-bond donors (Lipinski definition) is 0. The smallest absolute Gasteiger partial charge is 0.0651 e. The summed E-state index contributed by atoms with van der Waals surface area (Å²) in [5.41, 5.74) is 7.26. The first kappa shape index (κ1) is 24.3. The molecule has 0 aliphatic heterocycles. The number of anilines is 3. The fourth-order valence-electron chi connectivity index (χ4n) is 6.66. The van der Waals surface area contributed by atoms with Crippen molar-refractivity contribution in [3.63, 3.8) is 0 Å². The Morgan fingerprint density at radius 2 is 0.774 bits per heavy atom. The number of nitrogens with zero attached hydrogens (tertiary/aromatic N) is 1. The third-order valence-electron chi connectivity index (χ3n) is 9.38. The summed E-state index contributed by atoms with van der Waals surface area (Å²) in [7, 11) is 0. The minimum absolute atomic E-state index is 0.116. The Kier molecular flexibility index (Phi) is 6.57. The van der Waals surface area contributed by atoms with Crippen molar-refractivity contribution in [1.29, 1.82) is 0 Å². The van der Waals surface area contributed by atoms with Crippen LogP contribution in [0.4, 0.5) is 17.1 Å². The number of rotatable bonds is 8. The lowest BCUT2D eigenvalue weighted by atomic mass is 9.93. The fraction of sp³-hybridized carbons (Fsp3) is 0. The van der Waals surface area contributed by atoms with Gasteiger partial charge in [-0.25, -0.2) is 0 Å². The van der Waals surface area contributed by atoms with E-state index in [9.17, 15) is 8.22 Å². The van der Waals surface area contributed by atoms with Crippen molar-refractivity contribution in [1.82, 2.24) is 0 Å². The zero-order valence-electron chi connectivity index (χ0n) is 36.7. The molecule has 0 unspecified atom stereocenters. The number of fused-ring (bicyclic) bond motifs is 1. The van der Waals surface area contributed by atoms with Crippen LogP contribution in [0.1, 0.15) is 11.0 Å². The van der Waals surface area contributed by atoms with E-state index in [1.807, 2.05) is 91.0 Å². The van der Waals surface area contributed by atoms with E-state index in [2.05, 4.69) is 42.5 Å². The molecule has 9 aromatic rings. The van der Waals surface area contributed by atoms with Crippen LogP contribution in [-0.2, 0) is 0 Å². The fourth-order valence-corrected chi connectivity index (χ4v) is 6.66. The highest BCUT2D eigenvalue weighted by Crippen LogP contribution is 2.40. The highest BCUT2D eigenvalue weighted by molar-refractivity contribution is 5.89. The third-order valence-corrected chi connectivity index (χ3v) is 9.38. The van der Waals surface area contributed by atoms with Crippen molar-refractivity contribution in [3.8, 4) is 55.6 Å². The Labute approximate surface area is 323 Å². The molecule has 0 radical (unpaired) electrons. The van der Waals surface area contributed by atoms with Crippen LogP contribution in [0.3, 0.4) is 0 Å². The molecule has 0 heterocycles. The molecule has 0 spiro atoms. The molecule has 1 nitrogen and oxygen atoms in total. The Morgan fingerprint density at radius 3 is 1.36 bits per heavy atom. The molecule has 0 fully saturated rings. The predicted octanol–water partition coefficient (Wildman–Crippen LogP) is 14.6. The van der Waals surface area contributed by atoms with Crippen LogP contribution in [0, 0.1) is 0 Å². The van der Waals surface area contributed by atoms with E-state index in [-0.39, 0.29) is 58.8 Å². The first-order valence-electron chi connectivity index (χ1n) is 21.5. The van der Waals surface area contributed by atoms with Gasteiger partial charge in [-0.2, -0.15) is 0 Å². The SMILES string of the molecule is [2H]c1c([2H])c(-c2ccc3ccccc3c2)c([2H])c(N(c2ccc(-c3cc(-c4ccccc4)cc(-c4ccccc4)c3)cc2)c2c([2H])c([2H])c(-c3ccccc3)c([2H])c2[2H])c1[2H]. The Morgan fingerprint density at radius 1 is 0.283 bits per heavy atom. The van der Waals surface area contributed by atoms with Crippen molar-refractivity contribution in [2.24, 2.45) is 0 Å². The minimum Gasteiger partial charge on any atom is -0.310 e. The average molecular weight is 684 g/mol. The summed E-state index contributed by atoms with van der Waals surface area (Å²) >= 11 is 0. The van der Waals surface area contributed by atoms with Gasteiger partial charge in [0.15, 0.2) is 0 Å². The average Bonchev–Trinajstić information content (AvgIpc) is 3.30. The summed E-state index contributed by atoms with van der Waals surface area (Å²) in [6.07, 6.45) is 0. The van der Waals surface area contributed by atoms with Crippen LogP contribution < -0.4 is 4.90 Å². The lowest BCUT2D eigenvalue weighted by molar-refractivity contribution is 1.28. The van der Waals surface area contributed by atoms with Crippen LogP contribution in [0.25, 0.3) is 66.4 Å². The molecule has 53 heavy (non-hydrogen) atoms. The maximum atomic E-state index is 9.73. The molecule has 0 aliphatic carbocycles. The van der Waals surface area contributed by atoms with Gasteiger partial charge in [-0.15, -0.1) is 0 Å². The standard InChI is InChI=1S/C52H37N/c1-4-13-38(14-5-1)42-25-29-50(30-26-42)53(52-22-12-21-45(37-52)46-24-23-41-19-10-11-20-44(41)33-46)51-31-27-43(28-32-51)49-35-47(39-15-6-2-7-16-39)34-48(36-49)40-17-8-3-9-18-40/h1-37H/i12D,21D,22D,25D,26D,29D,30D,37D. The van der Waals surface area contributed by atoms with Gasteiger partial charge in [0.25, 0.3) is 0 Å². The molecule has 0 saturated carbocycles. The summed E-state index contributed by atoms with van der Waals surface area (Å²) in [6, 6.07) is 53.4.